The number of alkyl halides is 3. The molecular weight excluding hydrogens is 371 g/mol. The molecule has 0 amide bonds. The third kappa shape index (κ3) is 4.97. The largest absolute Gasteiger partial charge is 0.416 e. The van der Waals surface area contributed by atoms with Crippen LogP contribution in [0.5, 0.6) is 0 Å². The van der Waals surface area contributed by atoms with Crippen molar-refractivity contribution in [3.05, 3.63) is 58.9 Å². The Morgan fingerprint density at radius 1 is 1.07 bits per heavy atom. The number of benzene rings is 1. The fourth-order valence-corrected chi connectivity index (χ4v) is 3.71. The molecule has 27 heavy (non-hydrogen) atoms. The Balaban J connectivity index is 1.61. The zero-order valence-electron chi connectivity index (χ0n) is 15.4. The van der Waals surface area contributed by atoms with E-state index in [1.807, 2.05) is 30.9 Å². The molecule has 3 nitrogen and oxygen atoms in total. The summed E-state index contributed by atoms with van der Waals surface area (Å²) in [7, 11) is 0. The van der Waals surface area contributed by atoms with E-state index in [2.05, 4.69) is 9.88 Å². The predicted molar refractivity (Wildman–Crippen MR) is 105 cm³/mol. The summed E-state index contributed by atoms with van der Waals surface area (Å²) >= 11 is 5.59. The van der Waals surface area contributed by atoms with Crippen LogP contribution in [-0.2, 0) is 12.6 Å². The molecule has 0 radical (unpaired) electrons. The first kappa shape index (κ1) is 19.6. The lowest BCUT2D eigenvalue weighted by atomic mass is 10.1. The van der Waals surface area contributed by atoms with Crippen LogP contribution < -0.4 is 4.90 Å². The van der Waals surface area contributed by atoms with Crippen LogP contribution in [0.25, 0.3) is 0 Å². The van der Waals surface area contributed by atoms with Crippen LogP contribution in [0.3, 0.4) is 0 Å². The molecule has 1 aliphatic rings. The first-order valence-corrected chi connectivity index (χ1v) is 9.27. The number of pyridine rings is 1. The minimum atomic E-state index is -4.32. The third-order valence-electron chi connectivity index (χ3n) is 4.65. The molecule has 0 aliphatic carbocycles. The van der Waals surface area contributed by atoms with Crippen molar-refractivity contribution in [2.24, 2.45) is 0 Å². The molecule has 144 valence electrons. The molecule has 2 aromatic rings. The van der Waals surface area contributed by atoms with Crippen molar-refractivity contribution in [2.45, 2.75) is 26.4 Å². The predicted octanol–water partition coefficient (Wildman–Crippen LogP) is 4.41. The van der Waals surface area contributed by atoms with Gasteiger partial charge in [0.05, 0.1) is 10.6 Å². The Morgan fingerprint density at radius 3 is 2.41 bits per heavy atom. The van der Waals surface area contributed by atoms with Crippen molar-refractivity contribution in [3.8, 4) is 0 Å². The van der Waals surface area contributed by atoms with E-state index < -0.39 is 11.7 Å². The van der Waals surface area contributed by atoms with E-state index in [4.69, 9.17) is 12.2 Å². The fourth-order valence-electron chi connectivity index (χ4n) is 3.38. The van der Waals surface area contributed by atoms with E-state index in [1.54, 1.807) is 6.07 Å². The van der Waals surface area contributed by atoms with Crippen LogP contribution in [-0.4, -0.2) is 41.1 Å². The van der Waals surface area contributed by atoms with Gasteiger partial charge in [-0.2, -0.15) is 13.2 Å². The number of piperazine rings is 1. The number of thiocarbonyl (C=S) groups is 1. The molecule has 0 spiro atoms. The average molecular weight is 393 g/mol. The van der Waals surface area contributed by atoms with Gasteiger partial charge in [-0.1, -0.05) is 18.3 Å². The molecule has 3 rings (SSSR count). The van der Waals surface area contributed by atoms with Crippen molar-refractivity contribution in [1.82, 2.24) is 9.88 Å². The van der Waals surface area contributed by atoms with E-state index in [0.29, 0.717) is 38.3 Å². The van der Waals surface area contributed by atoms with E-state index in [1.165, 1.54) is 12.1 Å². The Labute approximate surface area is 162 Å². The van der Waals surface area contributed by atoms with Crippen LogP contribution in [0.1, 0.15) is 22.5 Å². The monoisotopic (exact) mass is 393 g/mol. The molecule has 0 atom stereocenters. The first-order valence-electron chi connectivity index (χ1n) is 8.86. The minimum absolute atomic E-state index is 0.603. The molecule has 7 heteroatoms. The van der Waals surface area contributed by atoms with Gasteiger partial charge in [-0.15, -0.1) is 0 Å². The lowest BCUT2D eigenvalue weighted by Gasteiger charge is -2.37. The summed E-state index contributed by atoms with van der Waals surface area (Å²) in [6, 6.07) is 9.57. The van der Waals surface area contributed by atoms with E-state index in [0.717, 1.165) is 28.0 Å². The van der Waals surface area contributed by atoms with Crippen LogP contribution in [0.15, 0.2) is 36.4 Å². The Morgan fingerprint density at radius 2 is 1.78 bits per heavy atom. The summed E-state index contributed by atoms with van der Waals surface area (Å²) < 4.78 is 38.8. The van der Waals surface area contributed by atoms with Gasteiger partial charge >= 0.3 is 6.18 Å². The Bertz CT molecular complexity index is 807. The van der Waals surface area contributed by atoms with E-state index in [9.17, 15) is 13.2 Å². The quantitative estimate of drug-likeness (QED) is 0.719. The number of anilines is 1. The zero-order valence-corrected chi connectivity index (χ0v) is 16.2. The highest BCUT2D eigenvalue weighted by Crippen LogP contribution is 2.31. The number of hydrogen-bond acceptors (Lipinski definition) is 3. The number of nitrogens with zero attached hydrogens (tertiary/aromatic N) is 3. The van der Waals surface area contributed by atoms with Crippen LogP contribution in [0.2, 0.25) is 0 Å². The van der Waals surface area contributed by atoms with Gasteiger partial charge < -0.3 is 9.80 Å². The van der Waals surface area contributed by atoms with Gasteiger partial charge in [0.2, 0.25) is 0 Å². The highest BCUT2D eigenvalue weighted by molar-refractivity contribution is 7.80. The zero-order chi connectivity index (χ0) is 19.6. The number of aromatic nitrogens is 1. The van der Waals surface area contributed by atoms with Crippen molar-refractivity contribution < 1.29 is 13.2 Å². The molecule has 0 unspecified atom stereocenters. The molecule has 0 saturated carbocycles. The molecule has 2 heterocycles. The first-order chi connectivity index (χ1) is 12.7. The standard InChI is InChI=1S/C20H22F3N3S/c1-14-10-15(2)24-17(11-14)13-19(27)26-8-6-25(7-9-26)18-5-3-4-16(12-18)20(21,22)23/h3-5,10-12H,6-9,13H2,1-2H3. The lowest BCUT2D eigenvalue weighted by molar-refractivity contribution is -0.137. The van der Waals surface area contributed by atoms with Crippen molar-refractivity contribution in [2.75, 3.05) is 31.1 Å². The Kier molecular flexibility index (Phi) is 5.69. The molecule has 0 N–H and O–H groups in total. The summed E-state index contributed by atoms with van der Waals surface area (Å²) in [6.07, 6.45) is -3.71. The molecule has 1 aliphatic heterocycles. The normalized spacial score (nSPS) is 15.1. The summed E-state index contributed by atoms with van der Waals surface area (Å²) in [5.74, 6) is 0. The second kappa shape index (κ2) is 7.84. The van der Waals surface area contributed by atoms with Crippen molar-refractivity contribution in [1.29, 1.82) is 0 Å². The maximum Gasteiger partial charge on any atom is 0.416 e. The smallest absolute Gasteiger partial charge is 0.368 e. The van der Waals surface area contributed by atoms with Gasteiger partial charge in [-0.25, -0.2) is 0 Å². The van der Waals surface area contributed by atoms with E-state index in [-0.39, 0.29) is 0 Å². The number of aryl methyl sites for hydroxylation is 2. The lowest BCUT2D eigenvalue weighted by Crippen LogP contribution is -2.48. The van der Waals surface area contributed by atoms with Gasteiger partial charge in [0.15, 0.2) is 0 Å². The highest BCUT2D eigenvalue weighted by Gasteiger charge is 2.31. The molecule has 0 bridgehead atoms. The van der Waals surface area contributed by atoms with Gasteiger partial charge in [-0.3, -0.25) is 4.98 Å². The van der Waals surface area contributed by atoms with Crippen molar-refractivity contribution in [3.63, 3.8) is 0 Å². The minimum Gasteiger partial charge on any atom is -0.368 e. The topological polar surface area (TPSA) is 19.4 Å². The van der Waals surface area contributed by atoms with Crippen LogP contribution in [0.4, 0.5) is 18.9 Å². The molecule has 1 saturated heterocycles. The second-order valence-electron chi connectivity index (χ2n) is 6.87. The summed E-state index contributed by atoms with van der Waals surface area (Å²) in [5.41, 5.74) is 3.08. The molecule has 1 aromatic heterocycles. The van der Waals surface area contributed by atoms with Crippen molar-refractivity contribution >= 4 is 22.9 Å². The SMILES string of the molecule is Cc1cc(C)nc(CC(=S)N2CCN(c3cccc(C(F)(F)F)c3)CC2)c1. The highest BCUT2D eigenvalue weighted by atomic mass is 32.1. The molecule has 1 fully saturated rings. The maximum absolute atomic E-state index is 12.9. The van der Waals surface area contributed by atoms with E-state index >= 15 is 0 Å². The van der Waals surface area contributed by atoms with Gasteiger partial charge in [0, 0.05) is 49.7 Å². The average Bonchev–Trinajstić information content (AvgIpc) is 2.60. The van der Waals surface area contributed by atoms with Crippen LogP contribution >= 0.6 is 12.2 Å². The van der Waals surface area contributed by atoms with Crippen LogP contribution in [0, 0.1) is 13.8 Å². The van der Waals surface area contributed by atoms with Gasteiger partial charge in [0.25, 0.3) is 0 Å². The number of halogens is 3. The third-order valence-corrected chi connectivity index (χ3v) is 5.06. The fraction of sp³-hybridized carbons (Fsp3) is 0.400. The van der Waals surface area contributed by atoms with Gasteiger partial charge in [0.1, 0.15) is 0 Å². The summed E-state index contributed by atoms with van der Waals surface area (Å²) in [5, 5.41) is 0. The van der Waals surface area contributed by atoms with Gasteiger partial charge in [-0.05, 0) is 49.7 Å². The summed E-state index contributed by atoms with van der Waals surface area (Å²) in [4.78, 5) is 9.46. The Hall–Kier alpha value is -2.15. The maximum atomic E-state index is 12.9. The number of rotatable bonds is 3. The number of hydrogen-bond donors (Lipinski definition) is 0. The summed E-state index contributed by atoms with van der Waals surface area (Å²) in [6.45, 7) is 6.67. The second-order valence-corrected chi connectivity index (χ2v) is 7.34. The molecule has 1 aromatic carbocycles. The molecular formula is C20H22F3N3S.